The molecule has 118 valence electrons. The number of furan rings is 1. The highest BCUT2D eigenvalue weighted by molar-refractivity contribution is 5.91. The summed E-state index contributed by atoms with van der Waals surface area (Å²) < 4.78 is 10.5. The standard InChI is InChI=1S/C16H21N3O3/c1-11-5-6-19(13(8-11)14-4-3-7-21-14)10-16(20)17-15-9-12(2)22-18-15/h3-4,7,9,11,13H,5-6,8,10H2,1-2H3,(H,17,18,20)/t11-,13-/m0/s1. The Balaban J connectivity index is 1.65. The molecular weight excluding hydrogens is 282 g/mol. The minimum absolute atomic E-state index is 0.0839. The lowest BCUT2D eigenvalue weighted by molar-refractivity contribution is -0.118. The van der Waals surface area contributed by atoms with E-state index in [0.29, 0.717) is 24.0 Å². The molecule has 0 spiro atoms. The van der Waals surface area contributed by atoms with Crippen molar-refractivity contribution in [3.05, 3.63) is 36.0 Å². The molecule has 1 fully saturated rings. The molecule has 3 rings (SSSR count). The fourth-order valence-corrected chi connectivity index (χ4v) is 2.95. The number of hydrogen-bond acceptors (Lipinski definition) is 5. The first-order valence-electron chi connectivity index (χ1n) is 7.62. The van der Waals surface area contributed by atoms with E-state index in [-0.39, 0.29) is 11.9 Å². The van der Waals surface area contributed by atoms with E-state index in [1.54, 1.807) is 19.3 Å². The Labute approximate surface area is 129 Å². The molecule has 2 atom stereocenters. The van der Waals surface area contributed by atoms with Crippen LogP contribution >= 0.6 is 0 Å². The first-order valence-corrected chi connectivity index (χ1v) is 7.62. The maximum absolute atomic E-state index is 12.2. The zero-order valence-electron chi connectivity index (χ0n) is 12.9. The Morgan fingerprint density at radius 1 is 1.55 bits per heavy atom. The smallest absolute Gasteiger partial charge is 0.239 e. The van der Waals surface area contributed by atoms with Gasteiger partial charge in [-0.15, -0.1) is 0 Å². The normalized spacial score (nSPS) is 22.6. The number of likely N-dealkylation sites (tertiary alicyclic amines) is 1. The second kappa shape index (κ2) is 6.36. The number of amides is 1. The Hall–Kier alpha value is -2.08. The fourth-order valence-electron chi connectivity index (χ4n) is 2.95. The second-order valence-electron chi connectivity index (χ2n) is 6.00. The Bertz CT molecular complexity index is 620. The minimum Gasteiger partial charge on any atom is -0.468 e. The van der Waals surface area contributed by atoms with E-state index in [4.69, 9.17) is 8.94 Å². The highest BCUT2D eigenvalue weighted by Gasteiger charge is 2.30. The summed E-state index contributed by atoms with van der Waals surface area (Å²) in [5.74, 6) is 2.61. The van der Waals surface area contributed by atoms with E-state index in [1.165, 1.54) is 0 Å². The van der Waals surface area contributed by atoms with Crippen LogP contribution in [0.2, 0.25) is 0 Å². The molecule has 3 heterocycles. The number of piperidine rings is 1. The van der Waals surface area contributed by atoms with E-state index < -0.39 is 0 Å². The largest absolute Gasteiger partial charge is 0.468 e. The molecular formula is C16H21N3O3. The van der Waals surface area contributed by atoms with Crippen LogP contribution in [-0.2, 0) is 4.79 Å². The van der Waals surface area contributed by atoms with Crippen molar-refractivity contribution < 1.29 is 13.7 Å². The van der Waals surface area contributed by atoms with Crippen LogP contribution in [0.4, 0.5) is 5.82 Å². The molecule has 0 aliphatic carbocycles. The number of nitrogens with zero attached hydrogens (tertiary/aromatic N) is 2. The summed E-state index contributed by atoms with van der Waals surface area (Å²) in [4.78, 5) is 14.4. The molecule has 22 heavy (non-hydrogen) atoms. The van der Waals surface area contributed by atoms with Crippen LogP contribution in [0, 0.1) is 12.8 Å². The Kier molecular flexibility index (Phi) is 4.29. The van der Waals surface area contributed by atoms with Gasteiger partial charge in [0.25, 0.3) is 0 Å². The summed E-state index contributed by atoms with van der Waals surface area (Å²) in [5.41, 5.74) is 0. The predicted molar refractivity (Wildman–Crippen MR) is 81.3 cm³/mol. The third kappa shape index (κ3) is 3.39. The van der Waals surface area contributed by atoms with Crippen LogP contribution in [0.3, 0.4) is 0 Å². The van der Waals surface area contributed by atoms with Gasteiger partial charge in [0, 0.05) is 6.07 Å². The molecule has 1 aliphatic heterocycles. The Morgan fingerprint density at radius 3 is 3.09 bits per heavy atom. The topological polar surface area (TPSA) is 71.5 Å². The third-order valence-electron chi connectivity index (χ3n) is 4.09. The molecule has 0 radical (unpaired) electrons. The van der Waals surface area contributed by atoms with Crippen LogP contribution in [0.1, 0.15) is 37.3 Å². The lowest BCUT2D eigenvalue weighted by Crippen LogP contribution is -2.41. The molecule has 0 saturated carbocycles. The van der Waals surface area contributed by atoms with Crippen molar-refractivity contribution in [2.45, 2.75) is 32.7 Å². The third-order valence-corrected chi connectivity index (χ3v) is 4.09. The molecule has 1 saturated heterocycles. The second-order valence-corrected chi connectivity index (χ2v) is 6.00. The van der Waals surface area contributed by atoms with Crippen LogP contribution in [0.25, 0.3) is 0 Å². The Morgan fingerprint density at radius 2 is 2.41 bits per heavy atom. The average Bonchev–Trinajstić information content (AvgIpc) is 3.12. The van der Waals surface area contributed by atoms with Gasteiger partial charge in [-0.25, -0.2) is 0 Å². The molecule has 1 amide bonds. The van der Waals surface area contributed by atoms with Gasteiger partial charge in [-0.1, -0.05) is 12.1 Å². The first-order chi connectivity index (χ1) is 10.6. The SMILES string of the molecule is Cc1cc(NC(=O)CN2CC[C@H](C)C[C@H]2c2ccco2)no1. The number of carbonyl (C=O) groups is 1. The predicted octanol–water partition coefficient (Wildman–Crippen LogP) is 2.99. The summed E-state index contributed by atoms with van der Waals surface area (Å²) in [6.07, 6.45) is 3.78. The highest BCUT2D eigenvalue weighted by atomic mass is 16.5. The van der Waals surface area contributed by atoms with Gasteiger partial charge in [0.05, 0.1) is 18.8 Å². The zero-order chi connectivity index (χ0) is 15.5. The highest BCUT2D eigenvalue weighted by Crippen LogP contribution is 2.33. The van der Waals surface area contributed by atoms with Gasteiger partial charge in [-0.2, -0.15) is 0 Å². The number of aromatic nitrogens is 1. The summed E-state index contributed by atoms with van der Waals surface area (Å²) in [7, 11) is 0. The van der Waals surface area contributed by atoms with Crippen LogP contribution in [0.5, 0.6) is 0 Å². The maximum atomic E-state index is 12.2. The molecule has 1 N–H and O–H groups in total. The quantitative estimate of drug-likeness (QED) is 0.940. The number of rotatable bonds is 4. The average molecular weight is 303 g/mol. The number of nitrogens with one attached hydrogen (secondary N) is 1. The number of hydrogen-bond donors (Lipinski definition) is 1. The van der Waals surface area contributed by atoms with E-state index in [9.17, 15) is 4.79 Å². The van der Waals surface area contributed by atoms with Gasteiger partial charge in [0.1, 0.15) is 11.5 Å². The van der Waals surface area contributed by atoms with Gasteiger partial charge in [0.15, 0.2) is 5.82 Å². The molecule has 1 aliphatic rings. The number of anilines is 1. The van der Waals surface area contributed by atoms with E-state index in [2.05, 4.69) is 22.3 Å². The van der Waals surface area contributed by atoms with E-state index in [1.807, 2.05) is 12.1 Å². The minimum atomic E-state index is -0.0839. The fraction of sp³-hybridized carbons (Fsp3) is 0.500. The van der Waals surface area contributed by atoms with Crippen molar-refractivity contribution in [2.75, 3.05) is 18.4 Å². The lowest BCUT2D eigenvalue weighted by Gasteiger charge is -2.36. The van der Waals surface area contributed by atoms with Crippen molar-refractivity contribution in [3.63, 3.8) is 0 Å². The van der Waals surface area contributed by atoms with Gasteiger partial charge >= 0.3 is 0 Å². The molecule has 0 aromatic carbocycles. The lowest BCUT2D eigenvalue weighted by atomic mass is 9.91. The van der Waals surface area contributed by atoms with Crippen molar-refractivity contribution in [2.24, 2.45) is 5.92 Å². The molecule has 6 heteroatoms. The van der Waals surface area contributed by atoms with Crippen molar-refractivity contribution >= 4 is 11.7 Å². The van der Waals surface area contributed by atoms with Crippen LogP contribution in [0.15, 0.2) is 33.4 Å². The molecule has 0 bridgehead atoms. The van der Waals surface area contributed by atoms with Crippen molar-refractivity contribution in [3.8, 4) is 0 Å². The maximum Gasteiger partial charge on any atom is 0.239 e. The number of aryl methyl sites for hydroxylation is 1. The summed E-state index contributed by atoms with van der Waals surface area (Å²) in [6.45, 7) is 5.24. The zero-order valence-corrected chi connectivity index (χ0v) is 12.9. The molecule has 2 aromatic rings. The van der Waals surface area contributed by atoms with E-state index in [0.717, 1.165) is 25.1 Å². The van der Waals surface area contributed by atoms with Gasteiger partial charge < -0.3 is 14.3 Å². The first kappa shape index (κ1) is 14.8. The summed E-state index contributed by atoms with van der Waals surface area (Å²) in [5, 5.41) is 6.56. The van der Waals surface area contributed by atoms with Crippen molar-refractivity contribution in [1.29, 1.82) is 0 Å². The number of carbonyl (C=O) groups excluding carboxylic acids is 1. The molecule has 0 unspecified atom stereocenters. The summed E-state index contributed by atoms with van der Waals surface area (Å²) >= 11 is 0. The van der Waals surface area contributed by atoms with Crippen LogP contribution < -0.4 is 5.32 Å². The van der Waals surface area contributed by atoms with Gasteiger partial charge in [-0.05, 0) is 44.4 Å². The van der Waals surface area contributed by atoms with Gasteiger partial charge in [0.2, 0.25) is 5.91 Å². The van der Waals surface area contributed by atoms with Crippen molar-refractivity contribution in [1.82, 2.24) is 10.1 Å². The van der Waals surface area contributed by atoms with Gasteiger partial charge in [-0.3, -0.25) is 9.69 Å². The monoisotopic (exact) mass is 303 g/mol. The molecule has 6 nitrogen and oxygen atoms in total. The molecule has 2 aromatic heterocycles. The van der Waals surface area contributed by atoms with E-state index >= 15 is 0 Å². The van der Waals surface area contributed by atoms with Crippen LogP contribution in [-0.4, -0.2) is 29.1 Å². The summed E-state index contributed by atoms with van der Waals surface area (Å²) in [6, 6.07) is 5.74.